The molecule has 2 aromatic carbocycles. The normalized spacial score (nSPS) is 16.2. The Balaban J connectivity index is 1.27. The Labute approximate surface area is 258 Å². The van der Waals surface area contributed by atoms with Crippen LogP contribution in [0.1, 0.15) is 73.7 Å². The van der Waals surface area contributed by atoms with Gasteiger partial charge in [-0.15, -0.1) is 0 Å². The lowest BCUT2D eigenvalue weighted by molar-refractivity contribution is -0.119. The number of aryl methyl sites for hydroxylation is 1. The second-order valence-corrected chi connectivity index (χ2v) is 12.1. The van der Waals surface area contributed by atoms with E-state index in [0.717, 1.165) is 40.1 Å². The van der Waals surface area contributed by atoms with Crippen LogP contribution in [0.15, 0.2) is 72.9 Å². The Morgan fingerprint density at radius 3 is 2.45 bits per heavy atom. The number of pyridine rings is 1. The number of hydrogen-bond donors (Lipinski definition) is 3. The van der Waals surface area contributed by atoms with Gasteiger partial charge in [0.05, 0.1) is 30.1 Å². The van der Waals surface area contributed by atoms with Crippen molar-refractivity contribution in [1.82, 2.24) is 20.1 Å². The van der Waals surface area contributed by atoms with Gasteiger partial charge in [0.15, 0.2) is 0 Å². The van der Waals surface area contributed by atoms with Gasteiger partial charge in [-0.05, 0) is 60.7 Å². The lowest BCUT2D eigenvalue weighted by Crippen LogP contribution is -2.35. The van der Waals surface area contributed by atoms with Crippen molar-refractivity contribution in [1.29, 1.82) is 0 Å². The summed E-state index contributed by atoms with van der Waals surface area (Å²) in [5.74, 6) is 0.790. The standard InChI is InChI=1S/C34H40N6O4/c1-22-10-12-24(13-11-22)40-31(19-29(39-40)34(2,3)4)38-33(42)36-27-14-15-28(26-9-7-6-8-25(26)27)44-20-23-16-17-35-30(18-23)37-32(41)21-43-5/h6-13,16-19,27-28H,14-15,20-21H2,1-5H3,(H,35,37,41)(H2,36,38,42). The van der Waals surface area contributed by atoms with Crippen molar-refractivity contribution in [3.05, 3.63) is 101 Å². The molecule has 230 valence electrons. The number of methoxy groups -OCH3 is 1. The number of fused-ring (bicyclic) bond motifs is 1. The van der Waals surface area contributed by atoms with Gasteiger partial charge in [0.25, 0.3) is 5.91 Å². The molecule has 2 unspecified atom stereocenters. The van der Waals surface area contributed by atoms with Gasteiger partial charge >= 0.3 is 6.03 Å². The fraction of sp³-hybridized carbons (Fsp3) is 0.353. The first kappa shape index (κ1) is 30.9. The minimum absolute atomic E-state index is 0.0389. The molecule has 5 rings (SSSR count). The molecule has 2 aromatic heterocycles. The zero-order chi connectivity index (χ0) is 31.3. The van der Waals surface area contributed by atoms with Gasteiger partial charge < -0.3 is 20.1 Å². The quantitative estimate of drug-likeness (QED) is 0.207. The highest BCUT2D eigenvalue weighted by molar-refractivity contribution is 5.91. The number of nitrogens with zero attached hydrogens (tertiary/aromatic N) is 3. The van der Waals surface area contributed by atoms with Gasteiger partial charge in [0, 0.05) is 24.8 Å². The van der Waals surface area contributed by atoms with Crippen LogP contribution in [0.3, 0.4) is 0 Å². The maximum absolute atomic E-state index is 13.4. The number of carbonyl (C=O) groups excluding carboxylic acids is 2. The van der Waals surface area contributed by atoms with Crippen molar-refractivity contribution < 1.29 is 19.1 Å². The Bertz CT molecular complexity index is 1610. The molecular weight excluding hydrogens is 556 g/mol. The number of carbonyl (C=O) groups is 2. The lowest BCUT2D eigenvalue weighted by Gasteiger charge is -2.32. The van der Waals surface area contributed by atoms with Gasteiger partial charge in [0.1, 0.15) is 18.2 Å². The lowest BCUT2D eigenvalue weighted by atomic mass is 9.85. The molecule has 1 aliphatic carbocycles. The third-order valence-electron chi connectivity index (χ3n) is 7.56. The number of urea groups is 1. The van der Waals surface area contributed by atoms with Crippen molar-refractivity contribution in [2.75, 3.05) is 24.4 Å². The summed E-state index contributed by atoms with van der Waals surface area (Å²) in [6.07, 6.45) is 2.96. The number of anilines is 2. The summed E-state index contributed by atoms with van der Waals surface area (Å²) in [6, 6.07) is 21.2. The van der Waals surface area contributed by atoms with E-state index in [4.69, 9.17) is 14.6 Å². The van der Waals surface area contributed by atoms with Crippen LogP contribution in [0, 0.1) is 6.92 Å². The fourth-order valence-corrected chi connectivity index (χ4v) is 5.24. The van der Waals surface area contributed by atoms with Crippen molar-refractivity contribution in [2.24, 2.45) is 0 Å². The number of benzene rings is 2. The molecule has 10 nitrogen and oxygen atoms in total. The Morgan fingerprint density at radius 1 is 0.977 bits per heavy atom. The van der Waals surface area contributed by atoms with Crippen LogP contribution in [-0.2, 0) is 26.3 Å². The average Bonchev–Trinajstić information content (AvgIpc) is 3.42. The highest BCUT2D eigenvalue weighted by Crippen LogP contribution is 2.38. The first-order valence-electron chi connectivity index (χ1n) is 14.8. The molecule has 2 heterocycles. The van der Waals surface area contributed by atoms with Crippen LogP contribution >= 0.6 is 0 Å². The zero-order valence-electron chi connectivity index (χ0n) is 25.9. The first-order valence-corrected chi connectivity index (χ1v) is 14.8. The zero-order valence-corrected chi connectivity index (χ0v) is 25.9. The second kappa shape index (κ2) is 13.4. The molecule has 10 heteroatoms. The predicted octanol–water partition coefficient (Wildman–Crippen LogP) is 6.37. The second-order valence-electron chi connectivity index (χ2n) is 12.1. The molecule has 0 aliphatic heterocycles. The Kier molecular flexibility index (Phi) is 9.41. The van der Waals surface area contributed by atoms with E-state index in [1.54, 1.807) is 16.9 Å². The largest absolute Gasteiger partial charge is 0.375 e. The SMILES string of the molecule is COCC(=O)Nc1cc(COC2CCC(NC(=O)Nc3cc(C(C)(C)C)nn3-c3ccc(C)cc3)c3ccccc32)ccn1. The molecule has 3 N–H and O–H groups in total. The molecule has 3 amide bonds. The van der Waals surface area contributed by atoms with E-state index in [9.17, 15) is 9.59 Å². The smallest absolute Gasteiger partial charge is 0.320 e. The summed E-state index contributed by atoms with van der Waals surface area (Å²) in [4.78, 5) is 29.5. The van der Waals surface area contributed by atoms with Gasteiger partial charge in [-0.25, -0.2) is 14.5 Å². The van der Waals surface area contributed by atoms with Crippen molar-refractivity contribution in [3.8, 4) is 5.69 Å². The first-order chi connectivity index (χ1) is 21.1. The third-order valence-corrected chi connectivity index (χ3v) is 7.56. The third kappa shape index (κ3) is 7.50. The minimum atomic E-state index is -0.294. The number of aromatic nitrogens is 3. The van der Waals surface area contributed by atoms with E-state index in [0.29, 0.717) is 24.7 Å². The summed E-state index contributed by atoms with van der Waals surface area (Å²) in [7, 11) is 1.47. The summed E-state index contributed by atoms with van der Waals surface area (Å²) in [5.41, 5.74) is 5.70. The number of amides is 3. The minimum Gasteiger partial charge on any atom is -0.375 e. The molecule has 1 aliphatic rings. The number of hydrogen-bond acceptors (Lipinski definition) is 6. The molecule has 0 spiro atoms. The summed E-state index contributed by atoms with van der Waals surface area (Å²) < 4.78 is 13.0. The van der Waals surface area contributed by atoms with E-state index in [2.05, 4.69) is 47.8 Å². The predicted molar refractivity (Wildman–Crippen MR) is 170 cm³/mol. The highest BCUT2D eigenvalue weighted by atomic mass is 16.5. The number of ether oxygens (including phenoxy) is 2. The van der Waals surface area contributed by atoms with E-state index in [-0.39, 0.29) is 36.1 Å². The molecule has 0 saturated heterocycles. The Morgan fingerprint density at radius 2 is 1.73 bits per heavy atom. The number of rotatable bonds is 9. The molecule has 0 bridgehead atoms. The molecule has 44 heavy (non-hydrogen) atoms. The topological polar surface area (TPSA) is 119 Å². The summed E-state index contributed by atoms with van der Waals surface area (Å²) >= 11 is 0. The van der Waals surface area contributed by atoms with E-state index in [1.165, 1.54) is 7.11 Å². The van der Waals surface area contributed by atoms with Crippen molar-refractivity contribution >= 4 is 23.6 Å². The molecule has 0 fully saturated rings. The van der Waals surface area contributed by atoms with E-state index >= 15 is 0 Å². The van der Waals surface area contributed by atoms with Crippen molar-refractivity contribution in [3.63, 3.8) is 0 Å². The summed E-state index contributed by atoms with van der Waals surface area (Å²) in [6.45, 7) is 8.66. The van der Waals surface area contributed by atoms with Gasteiger partial charge in [-0.2, -0.15) is 5.10 Å². The van der Waals surface area contributed by atoms with Crippen LogP contribution in [0.2, 0.25) is 0 Å². The van der Waals surface area contributed by atoms with Gasteiger partial charge in [0.2, 0.25) is 0 Å². The van der Waals surface area contributed by atoms with Crippen molar-refractivity contribution in [2.45, 2.75) is 64.7 Å². The molecule has 0 saturated carbocycles. The van der Waals surface area contributed by atoms with Crippen LogP contribution in [0.4, 0.5) is 16.4 Å². The summed E-state index contributed by atoms with van der Waals surface area (Å²) in [5, 5.41) is 13.8. The average molecular weight is 597 g/mol. The highest BCUT2D eigenvalue weighted by Gasteiger charge is 2.29. The van der Waals surface area contributed by atoms with Gasteiger partial charge in [-0.3, -0.25) is 10.1 Å². The Hall–Kier alpha value is -4.54. The molecule has 0 radical (unpaired) electrons. The van der Waals surface area contributed by atoms with E-state index in [1.807, 2.05) is 61.5 Å². The maximum atomic E-state index is 13.4. The van der Waals surface area contributed by atoms with Crippen LogP contribution in [0.25, 0.3) is 5.69 Å². The molecule has 2 atom stereocenters. The van der Waals surface area contributed by atoms with Crippen LogP contribution < -0.4 is 16.0 Å². The fourth-order valence-electron chi connectivity index (χ4n) is 5.24. The van der Waals surface area contributed by atoms with E-state index < -0.39 is 0 Å². The monoisotopic (exact) mass is 596 g/mol. The van der Waals surface area contributed by atoms with Crippen LogP contribution in [0.5, 0.6) is 0 Å². The molecule has 4 aromatic rings. The number of nitrogens with one attached hydrogen (secondary N) is 3. The van der Waals surface area contributed by atoms with Crippen LogP contribution in [-0.4, -0.2) is 40.4 Å². The van der Waals surface area contributed by atoms with Gasteiger partial charge in [-0.1, -0.05) is 62.7 Å². The maximum Gasteiger partial charge on any atom is 0.320 e. The molecular formula is C34H40N6O4.